The Bertz CT molecular complexity index is 1360. The smallest absolute Gasteiger partial charge is 0.325 e. The van der Waals surface area contributed by atoms with Gasteiger partial charge in [-0.25, -0.2) is 0 Å². The third-order valence-electron chi connectivity index (χ3n) is 6.89. The molecule has 2 aliphatic rings. The van der Waals surface area contributed by atoms with E-state index in [4.69, 9.17) is 18.9 Å². The van der Waals surface area contributed by atoms with Crippen molar-refractivity contribution in [3.8, 4) is 17.2 Å². The molecule has 6 nitrogen and oxygen atoms in total. The normalized spacial score (nSPS) is 20.7. The van der Waals surface area contributed by atoms with Gasteiger partial charge in [0.2, 0.25) is 5.75 Å². The molecule has 0 fully saturated rings. The summed E-state index contributed by atoms with van der Waals surface area (Å²) in [4.78, 5) is 28.3. The molecule has 2 atom stereocenters. The Morgan fingerprint density at radius 1 is 0.914 bits per heavy atom. The van der Waals surface area contributed by atoms with E-state index < -0.39 is 17.3 Å². The molecule has 3 aromatic rings. The molecule has 5 rings (SSSR count). The molecule has 35 heavy (non-hydrogen) atoms. The molecule has 0 spiro atoms. The number of carbonyl (C=O) groups is 2. The lowest BCUT2D eigenvalue weighted by Crippen LogP contribution is -2.39. The summed E-state index contributed by atoms with van der Waals surface area (Å²) in [6.07, 6.45) is 1.92. The highest BCUT2D eigenvalue weighted by Gasteiger charge is 2.67. The molecule has 2 aliphatic carbocycles. The molecule has 0 unspecified atom stereocenters. The van der Waals surface area contributed by atoms with Crippen LogP contribution >= 0.6 is 0 Å². The fourth-order valence-corrected chi connectivity index (χ4v) is 5.56. The van der Waals surface area contributed by atoms with Gasteiger partial charge < -0.3 is 18.9 Å². The fourth-order valence-electron chi connectivity index (χ4n) is 5.56. The summed E-state index contributed by atoms with van der Waals surface area (Å²) in [5.74, 6) is -0.443. The molecule has 6 heteroatoms. The minimum atomic E-state index is -1.59. The van der Waals surface area contributed by atoms with Crippen LogP contribution in [0.1, 0.15) is 45.5 Å². The second-order valence-electron chi connectivity index (χ2n) is 8.45. The van der Waals surface area contributed by atoms with Crippen LogP contribution in [0.5, 0.6) is 17.2 Å². The van der Waals surface area contributed by atoms with Gasteiger partial charge >= 0.3 is 5.97 Å². The van der Waals surface area contributed by atoms with E-state index >= 15 is 0 Å². The van der Waals surface area contributed by atoms with Crippen molar-refractivity contribution in [2.45, 2.75) is 12.8 Å². The maximum absolute atomic E-state index is 14.4. The first-order valence-corrected chi connectivity index (χ1v) is 11.5. The molecule has 0 aromatic heterocycles. The molecule has 0 N–H and O–H groups in total. The highest BCUT2D eigenvalue weighted by Crippen LogP contribution is 2.67. The third-order valence-corrected chi connectivity index (χ3v) is 6.89. The number of methoxy groups -OCH3 is 3. The minimum absolute atomic E-state index is 0.148. The predicted molar refractivity (Wildman–Crippen MR) is 132 cm³/mol. The standard InChI is InChI=1S/C29H26O6/c1-5-35-28(31)29-21(15-17-11-7-6-8-12-17)18-13-9-10-14-19(18)24(29)23-20(27(29)30)16-22(32-2)25(33-3)26(23)34-4/h6-16,24H,5H2,1-4H3/b21-15+/t24-,29+/m1/s1. The van der Waals surface area contributed by atoms with E-state index in [1.165, 1.54) is 21.3 Å². The summed E-state index contributed by atoms with van der Waals surface area (Å²) in [5, 5.41) is 0. The van der Waals surface area contributed by atoms with Crippen LogP contribution in [-0.4, -0.2) is 39.7 Å². The Morgan fingerprint density at radius 3 is 2.26 bits per heavy atom. The molecule has 0 saturated carbocycles. The van der Waals surface area contributed by atoms with Gasteiger partial charge in [0.1, 0.15) is 0 Å². The Hall–Kier alpha value is -4.06. The average Bonchev–Trinajstić information content (AvgIpc) is 3.32. The van der Waals surface area contributed by atoms with E-state index in [2.05, 4.69) is 0 Å². The maximum atomic E-state index is 14.4. The Labute approximate surface area is 204 Å². The summed E-state index contributed by atoms with van der Waals surface area (Å²) in [7, 11) is 4.54. The van der Waals surface area contributed by atoms with Gasteiger partial charge in [-0.2, -0.15) is 0 Å². The van der Waals surface area contributed by atoms with Crippen molar-refractivity contribution >= 4 is 23.4 Å². The van der Waals surface area contributed by atoms with Crippen LogP contribution in [0.3, 0.4) is 0 Å². The van der Waals surface area contributed by atoms with Crippen molar-refractivity contribution < 1.29 is 28.5 Å². The number of rotatable bonds is 6. The Morgan fingerprint density at radius 2 is 1.60 bits per heavy atom. The lowest BCUT2D eigenvalue weighted by molar-refractivity contribution is -0.149. The zero-order valence-corrected chi connectivity index (χ0v) is 20.1. The SMILES string of the molecule is CCOC(=O)[C@]12C(=O)c3cc(OC)c(OC)c(OC)c3[C@H]1c1ccccc1/C2=C\c1ccccc1. The van der Waals surface area contributed by atoms with Crippen LogP contribution in [0.4, 0.5) is 0 Å². The molecule has 0 aliphatic heterocycles. The van der Waals surface area contributed by atoms with Gasteiger partial charge in [0.05, 0.1) is 27.9 Å². The number of hydrogen-bond donors (Lipinski definition) is 0. The van der Waals surface area contributed by atoms with Gasteiger partial charge in [-0.15, -0.1) is 0 Å². The maximum Gasteiger partial charge on any atom is 0.325 e. The lowest BCUT2D eigenvalue weighted by Gasteiger charge is -2.28. The van der Waals surface area contributed by atoms with Gasteiger partial charge in [-0.3, -0.25) is 9.59 Å². The summed E-state index contributed by atoms with van der Waals surface area (Å²) >= 11 is 0. The van der Waals surface area contributed by atoms with Crippen LogP contribution < -0.4 is 14.2 Å². The summed E-state index contributed by atoms with van der Waals surface area (Å²) in [6.45, 7) is 1.89. The van der Waals surface area contributed by atoms with Crippen LogP contribution in [0.15, 0.2) is 60.7 Å². The van der Waals surface area contributed by atoms with E-state index in [-0.39, 0.29) is 12.4 Å². The monoisotopic (exact) mass is 470 g/mol. The zero-order valence-electron chi connectivity index (χ0n) is 20.1. The molecular formula is C29H26O6. The summed E-state index contributed by atoms with van der Waals surface area (Å²) < 4.78 is 22.6. The topological polar surface area (TPSA) is 71.1 Å². The van der Waals surface area contributed by atoms with E-state index in [0.717, 1.165) is 16.7 Å². The summed E-state index contributed by atoms with van der Waals surface area (Å²) in [5.41, 5.74) is 2.57. The van der Waals surface area contributed by atoms with Crippen molar-refractivity contribution in [2.75, 3.05) is 27.9 Å². The summed E-state index contributed by atoms with van der Waals surface area (Å²) in [6, 6.07) is 19.0. The zero-order chi connectivity index (χ0) is 24.7. The molecule has 0 saturated heterocycles. The quantitative estimate of drug-likeness (QED) is 0.367. The van der Waals surface area contributed by atoms with E-state index in [9.17, 15) is 9.59 Å². The molecule has 3 aromatic carbocycles. The van der Waals surface area contributed by atoms with Crippen LogP contribution in [0.25, 0.3) is 11.6 Å². The highest BCUT2D eigenvalue weighted by molar-refractivity contribution is 6.29. The van der Waals surface area contributed by atoms with Gasteiger partial charge in [-0.1, -0.05) is 54.6 Å². The first-order chi connectivity index (χ1) is 17.0. The van der Waals surface area contributed by atoms with Gasteiger partial charge in [0.15, 0.2) is 22.7 Å². The third kappa shape index (κ3) is 3.02. The van der Waals surface area contributed by atoms with Crippen LogP contribution in [0, 0.1) is 5.41 Å². The van der Waals surface area contributed by atoms with Crippen molar-refractivity contribution in [3.05, 3.63) is 88.5 Å². The van der Waals surface area contributed by atoms with Crippen molar-refractivity contribution in [3.63, 3.8) is 0 Å². The predicted octanol–water partition coefficient (Wildman–Crippen LogP) is 5.14. The van der Waals surface area contributed by atoms with Crippen LogP contribution in [0.2, 0.25) is 0 Å². The number of fused-ring (bicyclic) bond motifs is 5. The molecule has 0 amide bonds. The van der Waals surface area contributed by atoms with Crippen molar-refractivity contribution in [2.24, 2.45) is 5.41 Å². The number of benzene rings is 3. The number of ketones is 1. The number of esters is 1. The molecule has 0 bridgehead atoms. The average molecular weight is 471 g/mol. The molecular weight excluding hydrogens is 444 g/mol. The highest BCUT2D eigenvalue weighted by atomic mass is 16.5. The largest absolute Gasteiger partial charge is 0.493 e. The van der Waals surface area contributed by atoms with E-state index in [1.807, 2.05) is 60.7 Å². The lowest BCUT2D eigenvalue weighted by atomic mass is 9.72. The first kappa shape index (κ1) is 22.7. The Kier molecular flexibility index (Phi) is 5.59. The minimum Gasteiger partial charge on any atom is -0.493 e. The van der Waals surface area contributed by atoms with Gasteiger partial charge in [0.25, 0.3) is 0 Å². The first-order valence-electron chi connectivity index (χ1n) is 11.5. The molecule has 0 heterocycles. The van der Waals surface area contributed by atoms with Gasteiger partial charge in [-0.05, 0) is 41.3 Å². The van der Waals surface area contributed by atoms with E-state index in [1.54, 1.807) is 13.0 Å². The number of ether oxygens (including phenoxy) is 4. The molecule has 0 radical (unpaired) electrons. The van der Waals surface area contributed by atoms with Crippen LogP contribution in [-0.2, 0) is 9.53 Å². The number of Topliss-reactive ketones (excluding diaryl/α,β-unsaturated/α-hetero) is 1. The second-order valence-corrected chi connectivity index (χ2v) is 8.45. The fraction of sp³-hybridized carbons (Fsp3) is 0.241. The van der Waals surface area contributed by atoms with E-state index in [0.29, 0.717) is 33.9 Å². The number of hydrogen-bond acceptors (Lipinski definition) is 6. The Balaban J connectivity index is 1.91. The van der Waals surface area contributed by atoms with Crippen molar-refractivity contribution in [1.29, 1.82) is 0 Å². The molecule has 178 valence electrons. The number of carbonyl (C=O) groups excluding carboxylic acids is 2. The van der Waals surface area contributed by atoms with Gasteiger partial charge in [0, 0.05) is 17.0 Å². The second kappa shape index (κ2) is 8.62. The van der Waals surface area contributed by atoms with Crippen molar-refractivity contribution in [1.82, 2.24) is 0 Å².